The molecule has 0 unspecified atom stereocenters. The Bertz CT molecular complexity index is 393. The van der Waals surface area contributed by atoms with Crippen LogP contribution in [-0.4, -0.2) is 46.6 Å². The van der Waals surface area contributed by atoms with Crippen molar-refractivity contribution < 1.29 is 20.1 Å². The summed E-state index contributed by atoms with van der Waals surface area (Å²) in [6.45, 7) is 0.757. The van der Waals surface area contributed by atoms with E-state index in [0.717, 1.165) is 5.56 Å². The van der Waals surface area contributed by atoms with Gasteiger partial charge in [0.1, 0.15) is 0 Å². The number of aliphatic hydroxyl groups is 3. The third-order valence-electron chi connectivity index (χ3n) is 2.85. The molecule has 0 spiro atoms. The van der Waals surface area contributed by atoms with Gasteiger partial charge in [0.15, 0.2) is 0 Å². The lowest BCUT2D eigenvalue weighted by atomic mass is 10.0. The lowest BCUT2D eigenvalue weighted by Gasteiger charge is -2.28. The van der Waals surface area contributed by atoms with Gasteiger partial charge in [-0.1, -0.05) is 12.1 Å². The minimum atomic E-state index is -1.09. The first-order valence-electron chi connectivity index (χ1n) is 5.99. The van der Waals surface area contributed by atoms with E-state index in [1.165, 1.54) is 6.92 Å². The molecule has 0 heterocycles. The third-order valence-corrected chi connectivity index (χ3v) is 2.85. The predicted octanol–water partition coefficient (Wildman–Crippen LogP) is -0.550. The molecule has 0 bridgehead atoms. The lowest BCUT2D eigenvalue weighted by molar-refractivity contribution is -0.114. The molecule has 0 saturated carbocycles. The highest BCUT2D eigenvalue weighted by molar-refractivity contribution is 5.88. The Morgan fingerprint density at radius 2 is 1.63 bits per heavy atom. The molecule has 0 radical (unpaired) electrons. The molecule has 0 aromatic heterocycles. The molecule has 1 rings (SSSR count). The molecule has 1 aromatic carbocycles. The van der Waals surface area contributed by atoms with Gasteiger partial charge in [0, 0.05) is 19.2 Å². The summed E-state index contributed by atoms with van der Waals surface area (Å²) in [4.78, 5) is 10.9. The van der Waals surface area contributed by atoms with Crippen LogP contribution in [0.25, 0.3) is 0 Å². The number of carbonyl (C=O) groups excluding carboxylic acids is 1. The molecule has 1 amide bonds. The van der Waals surface area contributed by atoms with E-state index in [-0.39, 0.29) is 25.7 Å². The van der Waals surface area contributed by atoms with Gasteiger partial charge in [-0.05, 0) is 17.7 Å². The normalized spacial score (nSPS) is 11.4. The Hall–Kier alpha value is -1.47. The highest BCUT2D eigenvalue weighted by atomic mass is 16.3. The standard InChI is InChI=1S/C13H20N2O4/c1-10(19)15-12-4-2-11(3-5-12)6-14-13(7-16,8-17)9-18/h2-5,14,16-18H,6-9H2,1H3,(H,15,19). The molecule has 0 aliphatic rings. The summed E-state index contributed by atoms with van der Waals surface area (Å²) in [6, 6.07) is 7.15. The molecule has 19 heavy (non-hydrogen) atoms. The number of hydrogen-bond acceptors (Lipinski definition) is 5. The number of benzene rings is 1. The van der Waals surface area contributed by atoms with E-state index >= 15 is 0 Å². The van der Waals surface area contributed by atoms with Crippen LogP contribution in [0.15, 0.2) is 24.3 Å². The van der Waals surface area contributed by atoms with Gasteiger partial charge in [-0.15, -0.1) is 0 Å². The van der Waals surface area contributed by atoms with Gasteiger partial charge in [0.2, 0.25) is 5.91 Å². The molecule has 0 aliphatic carbocycles. The molecule has 106 valence electrons. The molecule has 0 atom stereocenters. The monoisotopic (exact) mass is 268 g/mol. The van der Waals surface area contributed by atoms with Crippen LogP contribution in [0.1, 0.15) is 12.5 Å². The first kappa shape index (κ1) is 15.6. The van der Waals surface area contributed by atoms with E-state index in [9.17, 15) is 4.79 Å². The number of nitrogens with one attached hydrogen (secondary N) is 2. The second kappa shape index (κ2) is 7.20. The highest BCUT2D eigenvalue weighted by Gasteiger charge is 2.26. The van der Waals surface area contributed by atoms with Crippen LogP contribution in [0.2, 0.25) is 0 Å². The molecule has 6 heteroatoms. The Morgan fingerprint density at radius 1 is 1.11 bits per heavy atom. The van der Waals surface area contributed by atoms with E-state index in [0.29, 0.717) is 12.2 Å². The van der Waals surface area contributed by atoms with Gasteiger partial charge in [0.25, 0.3) is 0 Å². The van der Waals surface area contributed by atoms with Gasteiger partial charge in [-0.2, -0.15) is 0 Å². The number of rotatable bonds is 7. The van der Waals surface area contributed by atoms with Crippen molar-refractivity contribution in [3.05, 3.63) is 29.8 Å². The van der Waals surface area contributed by atoms with Crippen molar-refractivity contribution in [2.75, 3.05) is 25.1 Å². The topological polar surface area (TPSA) is 102 Å². The van der Waals surface area contributed by atoms with E-state index < -0.39 is 5.54 Å². The summed E-state index contributed by atoms with van der Waals surface area (Å²) in [7, 11) is 0. The average Bonchev–Trinajstić information content (AvgIpc) is 2.42. The van der Waals surface area contributed by atoms with Crippen molar-refractivity contribution in [2.45, 2.75) is 19.0 Å². The number of aliphatic hydroxyl groups excluding tert-OH is 3. The summed E-state index contributed by atoms with van der Waals surface area (Å²) >= 11 is 0. The Balaban J connectivity index is 2.60. The summed E-state index contributed by atoms with van der Waals surface area (Å²) in [5.74, 6) is -0.134. The summed E-state index contributed by atoms with van der Waals surface area (Å²) in [6.07, 6.45) is 0. The quantitative estimate of drug-likeness (QED) is 0.457. The zero-order valence-corrected chi connectivity index (χ0v) is 10.9. The molecule has 0 fully saturated rings. The van der Waals surface area contributed by atoms with Crippen molar-refractivity contribution >= 4 is 11.6 Å². The van der Waals surface area contributed by atoms with E-state index in [2.05, 4.69) is 10.6 Å². The van der Waals surface area contributed by atoms with Gasteiger partial charge in [-0.3, -0.25) is 4.79 Å². The summed E-state index contributed by atoms with van der Waals surface area (Å²) < 4.78 is 0. The molecule has 0 aliphatic heterocycles. The fourth-order valence-electron chi connectivity index (χ4n) is 1.52. The van der Waals surface area contributed by atoms with Gasteiger partial charge in [0.05, 0.1) is 25.4 Å². The predicted molar refractivity (Wildman–Crippen MR) is 71.6 cm³/mol. The second-order valence-corrected chi connectivity index (χ2v) is 4.49. The third kappa shape index (κ3) is 4.60. The molecule has 0 saturated heterocycles. The van der Waals surface area contributed by atoms with Crippen LogP contribution >= 0.6 is 0 Å². The maximum absolute atomic E-state index is 10.9. The molecule has 6 nitrogen and oxygen atoms in total. The van der Waals surface area contributed by atoms with E-state index in [4.69, 9.17) is 15.3 Å². The van der Waals surface area contributed by atoms with Crippen molar-refractivity contribution in [3.8, 4) is 0 Å². The first-order valence-corrected chi connectivity index (χ1v) is 5.99. The molecule has 5 N–H and O–H groups in total. The van der Waals surface area contributed by atoms with Crippen LogP contribution in [-0.2, 0) is 11.3 Å². The first-order chi connectivity index (χ1) is 9.05. The Kier molecular flexibility index (Phi) is 5.91. The van der Waals surface area contributed by atoms with Crippen LogP contribution in [0.4, 0.5) is 5.69 Å². The van der Waals surface area contributed by atoms with E-state index in [1.54, 1.807) is 12.1 Å². The Labute approximate surface area is 112 Å². The molecular weight excluding hydrogens is 248 g/mol. The maximum Gasteiger partial charge on any atom is 0.221 e. The number of anilines is 1. The fraction of sp³-hybridized carbons (Fsp3) is 0.462. The van der Waals surface area contributed by atoms with Crippen molar-refractivity contribution in [3.63, 3.8) is 0 Å². The van der Waals surface area contributed by atoms with Crippen molar-refractivity contribution in [2.24, 2.45) is 0 Å². The summed E-state index contributed by atoms with van der Waals surface area (Å²) in [5.41, 5.74) is 0.527. The smallest absolute Gasteiger partial charge is 0.221 e. The van der Waals surface area contributed by atoms with Gasteiger partial charge >= 0.3 is 0 Å². The molecule has 1 aromatic rings. The SMILES string of the molecule is CC(=O)Nc1ccc(CNC(CO)(CO)CO)cc1. The van der Waals surface area contributed by atoms with Crippen molar-refractivity contribution in [1.29, 1.82) is 0 Å². The Morgan fingerprint density at radius 3 is 2.05 bits per heavy atom. The zero-order valence-electron chi connectivity index (χ0n) is 10.9. The zero-order chi connectivity index (χ0) is 14.3. The largest absolute Gasteiger partial charge is 0.394 e. The van der Waals surface area contributed by atoms with Crippen LogP contribution < -0.4 is 10.6 Å². The van der Waals surface area contributed by atoms with Crippen LogP contribution in [0.5, 0.6) is 0 Å². The summed E-state index contributed by atoms with van der Waals surface area (Å²) in [5, 5.41) is 33.1. The number of hydrogen-bond donors (Lipinski definition) is 5. The van der Waals surface area contributed by atoms with Crippen LogP contribution in [0, 0.1) is 0 Å². The highest BCUT2D eigenvalue weighted by Crippen LogP contribution is 2.11. The maximum atomic E-state index is 10.9. The van der Waals surface area contributed by atoms with E-state index in [1.807, 2.05) is 12.1 Å². The minimum Gasteiger partial charge on any atom is -0.394 e. The number of amides is 1. The number of carbonyl (C=O) groups is 1. The van der Waals surface area contributed by atoms with Crippen LogP contribution in [0.3, 0.4) is 0 Å². The fourth-order valence-corrected chi connectivity index (χ4v) is 1.52. The van der Waals surface area contributed by atoms with Crippen molar-refractivity contribution in [1.82, 2.24) is 5.32 Å². The lowest BCUT2D eigenvalue weighted by Crippen LogP contribution is -2.54. The second-order valence-electron chi connectivity index (χ2n) is 4.49. The minimum absolute atomic E-state index is 0.134. The molecular formula is C13H20N2O4. The van der Waals surface area contributed by atoms with Gasteiger partial charge < -0.3 is 26.0 Å². The average molecular weight is 268 g/mol. The van der Waals surface area contributed by atoms with Gasteiger partial charge in [-0.25, -0.2) is 0 Å².